The molecule has 0 spiro atoms. The number of aliphatic carboxylic acids is 1. The molecule has 0 heterocycles. The van der Waals surface area contributed by atoms with Gasteiger partial charge in [0.2, 0.25) is 10.0 Å². The summed E-state index contributed by atoms with van der Waals surface area (Å²) in [6, 6.07) is 4.14. The van der Waals surface area contributed by atoms with Crippen LogP contribution in [0.3, 0.4) is 0 Å². The lowest BCUT2D eigenvalue weighted by molar-refractivity contribution is -0.149. The Kier molecular flexibility index (Phi) is 8.38. The standard InChI is InChI=1S/C18H23N5O6S/c1-30(28,29)23-9-2-3-13(11-4-6-12(7-5-11)16(20)21)18(22,17(26)27)15(25)14(19)8-10-24/h4-7,10,13-14,23H,8-9,19,22H2,1H3,(H3,20,21)(H,26,27). The van der Waals surface area contributed by atoms with Crippen LogP contribution >= 0.6 is 0 Å². The molecule has 162 valence electrons. The van der Waals surface area contributed by atoms with E-state index in [9.17, 15) is 27.9 Å². The maximum Gasteiger partial charge on any atom is 0.333 e. The van der Waals surface area contributed by atoms with Gasteiger partial charge in [-0.1, -0.05) is 36.1 Å². The predicted molar refractivity (Wildman–Crippen MR) is 109 cm³/mol. The molecule has 0 aliphatic carbocycles. The van der Waals surface area contributed by atoms with Crippen molar-refractivity contribution in [3.8, 4) is 11.8 Å². The molecule has 3 unspecified atom stereocenters. The average Bonchev–Trinajstić information content (AvgIpc) is 2.66. The Morgan fingerprint density at radius 1 is 1.33 bits per heavy atom. The second-order valence-corrected chi connectivity index (χ2v) is 8.26. The van der Waals surface area contributed by atoms with Gasteiger partial charge in [-0.25, -0.2) is 17.9 Å². The summed E-state index contributed by atoms with van der Waals surface area (Å²) in [6.07, 6.45) is 0.840. The number of nitrogen functional groups attached to an aromatic ring is 1. The zero-order valence-corrected chi connectivity index (χ0v) is 16.9. The molecule has 1 rings (SSSR count). The van der Waals surface area contributed by atoms with Crippen molar-refractivity contribution in [2.45, 2.75) is 23.9 Å². The summed E-state index contributed by atoms with van der Waals surface area (Å²) in [5.74, 6) is 0.460. The van der Waals surface area contributed by atoms with Crippen molar-refractivity contribution < 1.29 is 27.9 Å². The first-order valence-electron chi connectivity index (χ1n) is 8.47. The van der Waals surface area contributed by atoms with E-state index in [0.717, 1.165) is 6.26 Å². The number of carboxylic acids is 1. The van der Waals surface area contributed by atoms with Crippen molar-refractivity contribution in [3.05, 3.63) is 35.4 Å². The van der Waals surface area contributed by atoms with Crippen LogP contribution in [0.25, 0.3) is 0 Å². The first kappa shape index (κ1) is 24.9. The second kappa shape index (κ2) is 10.1. The molecule has 0 saturated carbocycles. The van der Waals surface area contributed by atoms with E-state index >= 15 is 0 Å². The zero-order chi connectivity index (χ0) is 23.1. The van der Waals surface area contributed by atoms with Crippen LogP contribution in [-0.4, -0.2) is 61.8 Å². The Morgan fingerprint density at radius 3 is 2.33 bits per heavy atom. The van der Waals surface area contributed by atoms with E-state index < -0.39 is 45.7 Å². The van der Waals surface area contributed by atoms with E-state index in [2.05, 4.69) is 16.6 Å². The average molecular weight is 437 g/mol. The van der Waals surface area contributed by atoms with Gasteiger partial charge in [-0.05, 0) is 5.56 Å². The Balaban J connectivity index is 3.53. The van der Waals surface area contributed by atoms with E-state index in [0.29, 0.717) is 11.8 Å². The minimum atomic E-state index is -3.55. The lowest BCUT2D eigenvalue weighted by Crippen LogP contribution is -2.63. The van der Waals surface area contributed by atoms with Gasteiger partial charge in [-0.2, -0.15) is 0 Å². The lowest BCUT2D eigenvalue weighted by Gasteiger charge is -2.31. The quantitative estimate of drug-likeness (QED) is 0.0772. The number of carboxylic acid groups (broad SMARTS) is 1. The van der Waals surface area contributed by atoms with Crippen molar-refractivity contribution in [2.24, 2.45) is 17.2 Å². The molecule has 0 aliphatic rings. The third-order valence-electron chi connectivity index (χ3n) is 4.13. The fourth-order valence-electron chi connectivity index (χ4n) is 2.52. The highest BCUT2D eigenvalue weighted by molar-refractivity contribution is 7.88. The first-order chi connectivity index (χ1) is 13.8. The van der Waals surface area contributed by atoms with Gasteiger partial charge in [-0.15, -0.1) is 0 Å². The summed E-state index contributed by atoms with van der Waals surface area (Å²) in [7, 11) is -3.55. The van der Waals surface area contributed by atoms with Crippen LogP contribution < -0.4 is 21.9 Å². The molecule has 1 aromatic rings. The second-order valence-electron chi connectivity index (χ2n) is 6.43. The Hall–Kier alpha value is -3.11. The number of rotatable bonds is 10. The van der Waals surface area contributed by atoms with Crippen LogP contribution in [0.5, 0.6) is 0 Å². The largest absolute Gasteiger partial charge is 0.479 e. The van der Waals surface area contributed by atoms with E-state index in [1.807, 2.05) is 0 Å². The number of carbonyl (C=O) groups is 3. The van der Waals surface area contributed by atoms with E-state index in [1.54, 1.807) is 0 Å². The smallest absolute Gasteiger partial charge is 0.333 e. The number of aldehydes is 1. The van der Waals surface area contributed by atoms with Crippen LogP contribution in [0.1, 0.15) is 23.5 Å². The highest BCUT2D eigenvalue weighted by Gasteiger charge is 2.51. The minimum absolute atomic E-state index is 0.198. The first-order valence-corrected chi connectivity index (χ1v) is 10.4. The summed E-state index contributed by atoms with van der Waals surface area (Å²) in [4.78, 5) is 35.5. The molecule has 9 N–H and O–H groups in total. The predicted octanol–water partition coefficient (Wildman–Crippen LogP) is -2.13. The third-order valence-corrected chi connectivity index (χ3v) is 4.80. The fourth-order valence-corrected chi connectivity index (χ4v) is 2.86. The fraction of sp³-hybridized carbons (Fsp3) is 0.333. The topological polar surface area (TPSA) is 220 Å². The van der Waals surface area contributed by atoms with Gasteiger partial charge in [0.15, 0.2) is 11.3 Å². The molecule has 0 amide bonds. The number of nitrogens with one attached hydrogen (secondary N) is 2. The lowest BCUT2D eigenvalue weighted by atomic mass is 9.74. The molecule has 0 aromatic heterocycles. The molecule has 0 aliphatic heterocycles. The highest BCUT2D eigenvalue weighted by Crippen LogP contribution is 2.29. The van der Waals surface area contributed by atoms with Crippen molar-refractivity contribution in [1.82, 2.24) is 4.72 Å². The number of hydrogen-bond donors (Lipinski definition) is 6. The van der Waals surface area contributed by atoms with E-state index in [1.165, 1.54) is 24.3 Å². The number of amidine groups is 1. The highest BCUT2D eigenvalue weighted by atomic mass is 32.2. The maximum absolute atomic E-state index is 12.8. The summed E-state index contributed by atoms with van der Waals surface area (Å²) in [5, 5.41) is 17.2. The molecule has 0 fully saturated rings. The van der Waals surface area contributed by atoms with Crippen LogP contribution in [0.4, 0.5) is 0 Å². The van der Waals surface area contributed by atoms with Crippen LogP contribution in [0.15, 0.2) is 24.3 Å². The third kappa shape index (κ3) is 6.19. The molecular weight excluding hydrogens is 414 g/mol. The zero-order valence-electron chi connectivity index (χ0n) is 16.1. The van der Waals surface area contributed by atoms with E-state index in [4.69, 9.17) is 22.6 Å². The van der Waals surface area contributed by atoms with Crippen LogP contribution in [0, 0.1) is 17.3 Å². The number of carbonyl (C=O) groups excluding carboxylic acids is 2. The molecule has 3 atom stereocenters. The summed E-state index contributed by atoms with van der Waals surface area (Å²) in [6.45, 7) is -0.356. The van der Waals surface area contributed by atoms with Gasteiger partial charge in [0.1, 0.15) is 12.1 Å². The normalized spacial score (nSPS) is 15.0. The molecule has 30 heavy (non-hydrogen) atoms. The van der Waals surface area contributed by atoms with Crippen molar-refractivity contribution in [3.63, 3.8) is 0 Å². The number of ketones is 1. The number of benzene rings is 1. The molecule has 0 bridgehead atoms. The number of sulfonamides is 1. The molecule has 1 aromatic carbocycles. The number of hydrogen-bond acceptors (Lipinski definition) is 8. The van der Waals surface area contributed by atoms with Crippen molar-refractivity contribution in [1.29, 1.82) is 5.41 Å². The molecule has 11 nitrogen and oxygen atoms in total. The monoisotopic (exact) mass is 437 g/mol. The maximum atomic E-state index is 12.8. The van der Waals surface area contributed by atoms with Gasteiger partial charge < -0.3 is 27.1 Å². The summed E-state index contributed by atoms with van der Waals surface area (Å²) < 4.78 is 24.5. The Morgan fingerprint density at radius 2 is 1.90 bits per heavy atom. The van der Waals surface area contributed by atoms with E-state index in [-0.39, 0.29) is 17.9 Å². The number of Topliss-reactive ketones (excluding diaryl/α,β-unsaturated/α-hetero) is 1. The van der Waals surface area contributed by atoms with Gasteiger partial charge in [0.05, 0.1) is 24.8 Å². The van der Waals surface area contributed by atoms with Crippen molar-refractivity contribution in [2.75, 3.05) is 12.8 Å². The van der Waals surface area contributed by atoms with Gasteiger partial charge in [0.25, 0.3) is 0 Å². The summed E-state index contributed by atoms with van der Waals surface area (Å²) >= 11 is 0. The van der Waals surface area contributed by atoms with Crippen molar-refractivity contribution >= 4 is 33.9 Å². The van der Waals surface area contributed by atoms with Gasteiger partial charge >= 0.3 is 5.97 Å². The number of nitrogens with two attached hydrogens (primary N) is 3. The molecular formula is C18H23N5O6S. The molecule has 0 saturated heterocycles. The van der Waals surface area contributed by atoms with Crippen LogP contribution in [0.2, 0.25) is 0 Å². The van der Waals surface area contributed by atoms with Gasteiger partial charge in [0, 0.05) is 12.0 Å². The molecule has 12 heteroatoms. The Bertz CT molecular complexity index is 996. The minimum Gasteiger partial charge on any atom is -0.479 e. The van der Waals surface area contributed by atoms with Gasteiger partial charge in [-0.3, -0.25) is 10.2 Å². The Labute approximate surface area is 173 Å². The summed E-state index contributed by atoms with van der Waals surface area (Å²) in [5.41, 5.74) is 15.0. The molecule has 0 radical (unpaired) electrons. The SMILES string of the molecule is CS(=O)(=O)NCC#CC(c1ccc(C(=N)N)cc1)C(N)(C(=O)O)C(=O)C(N)CC=O. The van der Waals surface area contributed by atoms with Crippen LogP contribution in [-0.2, 0) is 24.4 Å².